The number of nitro benzene ring substituents is 1. The van der Waals surface area contributed by atoms with E-state index in [0.29, 0.717) is 0 Å². The molecule has 1 saturated carbocycles. The summed E-state index contributed by atoms with van der Waals surface area (Å²) in [6.45, 7) is 4.10. The number of carbonyl (C=O) groups is 2. The Hall–Kier alpha value is -4.32. The summed E-state index contributed by atoms with van der Waals surface area (Å²) in [5.41, 5.74) is 6.75. The standard InChI is InChI=1S/C30H24N2O4/c1-17-6-10-19(11-7-17)25(20-12-8-18(2)9-13-20)26-23-14-15-24(26)28-27(23)29(33)31(30(28)34)21-4-3-5-22(16-21)32(35)36/h3-16,23-24,27-28H,1-2H3/t23-,24-,27-,28-/m0/s1. The molecular formula is C30H24N2O4. The number of hydrogen-bond donors (Lipinski definition) is 0. The van der Waals surface area contributed by atoms with Gasteiger partial charge in [-0.05, 0) is 42.2 Å². The number of anilines is 1. The highest BCUT2D eigenvalue weighted by atomic mass is 16.6. The van der Waals surface area contributed by atoms with E-state index in [1.54, 1.807) is 6.07 Å². The molecule has 1 heterocycles. The molecule has 1 aliphatic heterocycles. The number of non-ortho nitro benzene ring substituents is 1. The number of nitro groups is 1. The quantitative estimate of drug-likeness (QED) is 0.211. The molecule has 2 aliphatic carbocycles. The number of carbonyl (C=O) groups excluding carboxylic acids is 2. The Bertz CT molecular complexity index is 1400. The van der Waals surface area contributed by atoms with Crippen molar-refractivity contribution in [2.75, 3.05) is 4.90 Å². The number of fused-ring (bicyclic) bond motifs is 5. The van der Waals surface area contributed by atoms with E-state index < -0.39 is 16.8 Å². The molecule has 1 saturated heterocycles. The Balaban J connectivity index is 1.47. The molecule has 178 valence electrons. The average Bonchev–Trinajstić information content (AvgIpc) is 3.50. The second kappa shape index (κ2) is 8.12. The van der Waals surface area contributed by atoms with Gasteiger partial charge >= 0.3 is 0 Å². The van der Waals surface area contributed by atoms with Gasteiger partial charge in [0.1, 0.15) is 0 Å². The van der Waals surface area contributed by atoms with Crippen LogP contribution in [-0.4, -0.2) is 16.7 Å². The van der Waals surface area contributed by atoms with Crippen LogP contribution in [0.2, 0.25) is 0 Å². The van der Waals surface area contributed by atoms with E-state index in [-0.39, 0.29) is 35.0 Å². The lowest BCUT2D eigenvalue weighted by Gasteiger charge is -2.21. The number of hydrogen-bond acceptors (Lipinski definition) is 4. The SMILES string of the molecule is Cc1ccc(C(=C2[C@@H]3C=C[C@@H]2[C@@H]2C(=O)N(c4cccc([N+](=O)[O-])c4)C(=O)[C@H]23)c2ccc(C)cc2)cc1. The van der Waals surface area contributed by atoms with Crippen molar-refractivity contribution in [1.82, 2.24) is 0 Å². The number of imide groups is 1. The zero-order valence-corrected chi connectivity index (χ0v) is 19.9. The summed E-state index contributed by atoms with van der Waals surface area (Å²) in [7, 11) is 0. The Kier molecular flexibility index (Phi) is 5.00. The van der Waals surface area contributed by atoms with Crippen molar-refractivity contribution < 1.29 is 14.5 Å². The molecule has 6 nitrogen and oxygen atoms in total. The smallest absolute Gasteiger partial charge is 0.271 e. The zero-order valence-electron chi connectivity index (χ0n) is 19.9. The largest absolute Gasteiger partial charge is 0.274 e. The summed E-state index contributed by atoms with van der Waals surface area (Å²) in [5, 5.41) is 11.3. The molecule has 2 fully saturated rings. The number of nitrogens with zero attached hydrogens (tertiary/aromatic N) is 2. The maximum absolute atomic E-state index is 13.7. The number of aryl methyl sites for hydroxylation is 2. The Morgan fingerprint density at radius 1 is 0.778 bits per heavy atom. The summed E-state index contributed by atoms with van der Waals surface area (Å²) < 4.78 is 0. The molecule has 3 aliphatic rings. The van der Waals surface area contributed by atoms with Crippen molar-refractivity contribution in [1.29, 1.82) is 0 Å². The van der Waals surface area contributed by atoms with Gasteiger partial charge in [0.15, 0.2) is 0 Å². The minimum atomic E-state index is -0.517. The minimum Gasteiger partial charge on any atom is -0.274 e. The normalized spacial score (nSPS) is 23.9. The zero-order chi connectivity index (χ0) is 25.1. The lowest BCUT2D eigenvalue weighted by Crippen LogP contribution is -2.33. The van der Waals surface area contributed by atoms with E-state index >= 15 is 0 Å². The molecule has 6 heteroatoms. The topological polar surface area (TPSA) is 80.5 Å². The van der Waals surface area contributed by atoms with Crippen LogP contribution in [0, 0.1) is 47.6 Å². The second-order valence-electron chi connectivity index (χ2n) is 9.84. The molecule has 0 aromatic heterocycles. The van der Waals surface area contributed by atoms with Crippen LogP contribution < -0.4 is 4.90 Å². The van der Waals surface area contributed by atoms with Gasteiger partial charge < -0.3 is 0 Å². The molecule has 6 rings (SSSR count). The summed E-state index contributed by atoms with van der Waals surface area (Å²) in [6, 6.07) is 22.5. The first-order valence-electron chi connectivity index (χ1n) is 12.0. The fourth-order valence-electron chi connectivity index (χ4n) is 6.04. The van der Waals surface area contributed by atoms with Crippen LogP contribution in [0.25, 0.3) is 5.57 Å². The predicted octanol–water partition coefficient (Wildman–Crippen LogP) is 5.64. The molecule has 0 radical (unpaired) electrons. The lowest BCUT2D eigenvalue weighted by molar-refractivity contribution is -0.384. The summed E-state index contributed by atoms with van der Waals surface area (Å²) in [6.07, 6.45) is 4.12. The average molecular weight is 477 g/mol. The highest BCUT2D eigenvalue weighted by Gasteiger charge is 2.62. The van der Waals surface area contributed by atoms with Crippen LogP contribution in [0.1, 0.15) is 22.3 Å². The first-order valence-corrected chi connectivity index (χ1v) is 12.0. The first-order chi connectivity index (χ1) is 17.3. The van der Waals surface area contributed by atoms with Crippen LogP contribution in [0.5, 0.6) is 0 Å². The third kappa shape index (κ3) is 3.25. The summed E-state index contributed by atoms with van der Waals surface area (Å²) >= 11 is 0. The predicted molar refractivity (Wildman–Crippen MR) is 137 cm³/mol. The van der Waals surface area contributed by atoms with E-state index in [9.17, 15) is 19.7 Å². The van der Waals surface area contributed by atoms with E-state index in [2.05, 4.69) is 60.7 Å². The van der Waals surface area contributed by atoms with Gasteiger partial charge in [-0.2, -0.15) is 0 Å². The van der Waals surface area contributed by atoms with Gasteiger partial charge in [0.05, 0.1) is 22.4 Å². The number of amides is 2. The second-order valence-corrected chi connectivity index (χ2v) is 9.84. The van der Waals surface area contributed by atoms with E-state index in [1.165, 1.54) is 18.2 Å². The fraction of sp³-hybridized carbons (Fsp3) is 0.200. The number of rotatable bonds is 4. The summed E-state index contributed by atoms with van der Waals surface area (Å²) in [4.78, 5) is 39.3. The van der Waals surface area contributed by atoms with Crippen LogP contribution in [0.4, 0.5) is 11.4 Å². The van der Waals surface area contributed by atoms with E-state index in [0.717, 1.165) is 38.3 Å². The Morgan fingerprint density at radius 3 is 1.75 bits per heavy atom. The van der Waals surface area contributed by atoms with Gasteiger partial charge in [-0.3, -0.25) is 19.7 Å². The summed E-state index contributed by atoms with van der Waals surface area (Å²) in [5.74, 6) is -1.98. The third-order valence-electron chi connectivity index (χ3n) is 7.68. The van der Waals surface area contributed by atoms with Crippen molar-refractivity contribution in [3.05, 3.63) is 123 Å². The Morgan fingerprint density at radius 2 is 1.28 bits per heavy atom. The van der Waals surface area contributed by atoms with Crippen LogP contribution in [-0.2, 0) is 9.59 Å². The molecular weight excluding hydrogens is 452 g/mol. The van der Waals surface area contributed by atoms with Crippen LogP contribution in [0.3, 0.4) is 0 Å². The van der Waals surface area contributed by atoms with E-state index in [1.807, 2.05) is 13.8 Å². The van der Waals surface area contributed by atoms with Crippen molar-refractivity contribution >= 4 is 28.8 Å². The first kappa shape index (κ1) is 22.2. The monoisotopic (exact) mass is 476 g/mol. The van der Waals surface area contributed by atoms with Gasteiger partial charge in [-0.15, -0.1) is 0 Å². The lowest BCUT2D eigenvalue weighted by atomic mass is 9.85. The molecule has 0 spiro atoms. The van der Waals surface area contributed by atoms with Gasteiger partial charge in [0.25, 0.3) is 5.69 Å². The highest BCUT2D eigenvalue weighted by molar-refractivity contribution is 6.23. The highest BCUT2D eigenvalue weighted by Crippen LogP contribution is 2.59. The molecule has 0 N–H and O–H groups in total. The van der Waals surface area contributed by atoms with Crippen molar-refractivity contribution in [2.24, 2.45) is 23.7 Å². The molecule has 2 bridgehead atoms. The third-order valence-corrected chi connectivity index (χ3v) is 7.68. The number of allylic oxidation sites excluding steroid dienone is 3. The molecule has 0 unspecified atom stereocenters. The van der Waals surface area contributed by atoms with Gasteiger partial charge in [-0.25, -0.2) is 4.90 Å². The van der Waals surface area contributed by atoms with Gasteiger partial charge in [0.2, 0.25) is 11.8 Å². The van der Waals surface area contributed by atoms with Gasteiger partial charge in [-0.1, -0.05) is 77.9 Å². The van der Waals surface area contributed by atoms with Crippen LogP contribution >= 0.6 is 0 Å². The van der Waals surface area contributed by atoms with Crippen molar-refractivity contribution in [2.45, 2.75) is 13.8 Å². The van der Waals surface area contributed by atoms with Crippen molar-refractivity contribution in [3.8, 4) is 0 Å². The maximum Gasteiger partial charge on any atom is 0.271 e. The van der Waals surface area contributed by atoms with E-state index in [4.69, 9.17) is 0 Å². The van der Waals surface area contributed by atoms with Crippen molar-refractivity contribution in [3.63, 3.8) is 0 Å². The molecule has 3 aromatic rings. The molecule has 36 heavy (non-hydrogen) atoms. The van der Waals surface area contributed by atoms with Crippen LogP contribution in [0.15, 0.2) is 90.5 Å². The maximum atomic E-state index is 13.7. The molecule has 4 atom stereocenters. The number of benzene rings is 3. The molecule has 2 amide bonds. The Labute approximate surface area is 208 Å². The molecule has 3 aromatic carbocycles. The minimum absolute atomic E-state index is 0.145. The fourth-order valence-corrected chi connectivity index (χ4v) is 6.04. The van der Waals surface area contributed by atoms with Gasteiger partial charge in [0, 0.05) is 24.0 Å².